The van der Waals surface area contributed by atoms with Crippen LogP contribution in [0.1, 0.15) is 0 Å². The summed E-state index contributed by atoms with van der Waals surface area (Å²) in [6, 6.07) is 0. The Morgan fingerprint density at radius 3 is 0.821 bits per heavy atom. The van der Waals surface area contributed by atoms with Gasteiger partial charge in [-0.3, -0.25) is 0 Å². The fourth-order valence-corrected chi connectivity index (χ4v) is 4.58. The summed E-state index contributed by atoms with van der Waals surface area (Å²) < 4.78 is 16.9. The van der Waals surface area contributed by atoms with Crippen LogP contribution >= 0.6 is 32.7 Å². The standard InChI is InChI=1S/C6H20O18P4/c7-1-3(21-25(9,10)11)2(8)5(23-27(15,16)17)6(24-28(18,19)20)4(1)22-26(12,13)14/h1-20H/q+4. The topological polar surface area (TPSA) is 320 Å². The third-order valence-electron chi connectivity index (χ3n) is 3.05. The molecule has 22 heteroatoms. The lowest BCUT2D eigenvalue weighted by atomic mass is 9.85. The van der Waals surface area contributed by atoms with Crippen molar-refractivity contribution < 1.29 is 87.0 Å². The van der Waals surface area contributed by atoms with Crippen molar-refractivity contribution in [3.8, 4) is 0 Å². The van der Waals surface area contributed by atoms with Crippen molar-refractivity contribution >= 4 is 32.7 Å². The van der Waals surface area contributed by atoms with Gasteiger partial charge < -0.3 is 10.2 Å². The van der Waals surface area contributed by atoms with Gasteiger partial charge >= 0.3 is 32.7 Å². The molecule has 0 aliphatic heterocycles. The van der Waals surface area contributed by atoms with Crippen LogP contribution in [-0.2, 0) is 18.1 Å². The first kappa shape index (κ1) is 27.0. The first-order valence-corrected chi connectivity index (χ1v) is 12.9. The minimum atomic E-state index is -5.33. The van der Waals surface area contributed by atoms with Crippen LogP contribution in [0.5, 0.6) is 0 Å². The maximum absolute atomic E-state index is 10.1. The molecule has 0 amide bonds. The highest BCUT2D eigenvalue weighted by molar-refractivity contribution is 7.54. The van der Waals surface area contributed by atoms with E-state index in [1.807, 2.05) is 0 Å². The zero-order chi connectivity index (χ0) is 22.3. The van der Waals surface area contributed by atoms with Crippen LogP contribution in [0.4, 0.5) is 0 Å². The first-order valence-electron chi connectivity index (χ1n) is 6.59. The van der Waals surface area contributed by atoms with Crippen molar-refractivity contribution in [3.63, 3.8) is 0 Å². The highest BCUT2D eigenvalue weighted by Crippen LogP contribution is 2.58. The van der Waals surface area contributed by atoms with Crippen LogP contribution in [0, 0.1) is 0 Å². The normalized spacial score (nSPS) is 33.2. The van der Waals surface area contributed by atoms with Gasteiger partial charge in [-0.15, -0.1) is 18.1 Å². The SMILES string of the molecule is OC1C(O[P+](O)(O)O)C(O)C(O[P+](O)(O)O)C(O[P+](O)(O)O)C1O[P+](O)(O)O. The molecule has 0 spiro atoms. The summed E-state index contributed by atoms with van der Waals surface area (Å²) in [7, 11) is -21.2. The van der Waals surface area contributed by atoms with Gasteiger partial charge in [-0.05, 0) is 0 Å². The van der Waals surface area contributed by atoms with E-state index in [4.69, 9.17) is 58.7 Å². The molecule has 1 aliphatic rings. The summed E-state index contributed by atoms with van der Waals surface area (Å²) in [4.78, 5) is 108. The van der Waals surface area contributed by atoms with Crippen LogP contribution in [0.15, 0.2) is 0 Å². The number of aliphatic hydroxyl groups excluding tert-OH is 2. The molecule has 14 N–H and O–H groups in total. The summed E-state index contributed by atoms with van der Waals surface area (Å²) >= 11 is 0. The Kier molecular flexibility index (Phi) is 8.92. The lowest BCUT2D eigenvalue weighted by molar-refractivity contribution is -0.214. The van der Waals surface area contributed by atoms with E-state index < -0.39 is 69.3 Å². The Morgan fingerprint density at radius 2 is 0.571 bits per heavy atom. The van der Waals surface area contributed by atoms with Crippen molar-refractivity contribution in [2.45, 2.75) is 36.6 Å². The minimum Gasteiger partial charge on any atom is -0.387 e. The summed E-state index contributed by atoms with van der Waals surface area (Å²) in [5.41, 5.74) is 0. The van der Waals surface area contributed by atoms with E-state index in [-0.39, 0.29) is 0 Å². The Morgan fingerprint density at radius 1 is 0.357 bits per heavy atom. The maximum Gasteiger partial charge on any atom is 0.567 e. The van der Waals surface area contributed by atoms with Gasteiger partial charge in [0.1, 0.15) is 12.2 Å². The predicted octanol–water partition coefficient (Wildman–Crippen LogP) is -5.12. The third kappa shape index (κ3) is 9.01. The monoisotopic (exact) mass is 504 g/mol. The minimum absolute atomic E-state index is 2.43. The number of hydrogen-bond donors (Lipinski definition) is 14. The van der Waals surface area contributed by atoms with Crippen LogP contribution in [-0.4, -0.2) is 106 Å². The van der Waals surface area contributed by atoms with Gasteiger partial charge in [-0.25, -0.2) is 0 Å². The van der Waals surface area contributed by atoms with Gasteiger partial charge in [-0.1, -0.05) is 0 Å². The first-order chi connectivity index (χ1) is 12.2. The Labute approximate surface area is 157 Å². The third-order valence-corrected chi connectivity index (χ3v) is 5.15. The molecule has 1 fully saturated rings. The molecule has 0 aromatic rings. The van der Waals surface area contributed by atoms with Gasteiger partial charge in [0.25, 0.3) is 0 Å². The van der Waals surface area contributed by atoms with E-state index in [2.05, 4.69) is 18.1 Å². The smallest absolute Gasteiger partial charge is 0.387 e. The second-order valence-corrected chi connectivity index (χ2v) is 10.3. The van der Waals surface area contributed by atoms with Gasteiger partial charge in [0.2, 0.25) is 0 Å². The van der Waals surface area contributed by atoms with Crippen LogP contribution < -0.4 is 0 Å². The van der Waals surface area contributed by atoms with Gasteiger partial charge in [0.05, 0.1) is 0 Å². The lowest BCUT2D eigenvalue weighted by Crippen LogP contribution is -2.66. The van der Waals surface area contributed by atoms with Crippen molar-refractivity contribution in [2.24, 2.45) is 0 Å². The molecule has 18 nitrogen and oxygen atoms in total. The van der Waals surface area contributed by atoms with Crippen molar-refractivity contribution in [3.05, 3.63) is 0 Å². The molecule has 0 radical (unpaired) electrons. The van der Waals surface area contributed by atoms with E-state index in [1.54, 1.807) is 0 Å². The van der Waals surface area contributed by atoms with E-state index in [1.165, 1.54) is 0 Å². The Bertz CT molecular complexity index is 476. The second-order valence-electron chi connectivity index (χ2n) is 5.31. The summed E-state index contributed by atoms with van der Waals surface area (Å²) in [6.45, 7) is 0. The fraction of sp³-hybridized carbons (Fsp3) is 1.00. The van der Waals surface area contributed by atoms with E-state index in [0.29, 0.717) is 0 Å². The largest absolute Gasteiger partial charge is 0.567 e. The number of hydrogen-bond acceptors (Lipinski definition) is 18. The van der Waals surface area contributed by atoms with Crippen molar-refractivity contribution in [1.29, 1.82) is 0 Å². The van der Waals surface area contributed by atoms with Crippen molar-refractivity contribution in [2.75, 3.05) is 0 Å². The molecule has 0 aromatic heterocycles. The summed E-state index contributed by atoms with van der Waals surface area (Å²) in [5.74, 6) is 0. The highest BCUT2D eigenvalue weighted by Gasteiger charge is 2.66. The number of rotatable bonds is 8. The van der Waals surface area contributed by atoms with E-state index in [9.17, 15) is 10.2 Å². The van der Waals surface area contributed by atoms with Gasteiger partial charge in [-0.2, -0.15) is 58.7 Å². The molecule has 1 aliphatic carbocycles. The average molecular weight is 504 g/mol. The summed E-state index contributed by atoms with van der Waals surface area (Å²) in [6.07, 6.45) is -15.0. The highest BCUT2D eigenvalue weighted by atomic mass is 31.2. The van der Waals surface area contributed by atoms with E-state index in [0.717, 1.165) is 0 Å². The van der Waals surface area contributed by atoms with Crippen LogP contribution in [0.3, 0.4) is 0 Å². The van der Waals surface area contributed by atoms with Gasteiger partial charge in [0, 0.05) is 0 Å². The predicted molar refractivity (Wildman–Crippen MR) is 85.8 cm³/mol. The van der Waals surface area contributed by atoms with E-state index >= 15 is 0 Å². The molecule has 4 unspecified atom stereocenters. The fourth-order valence-electron chi connectivity index (χ4n) is 2.29. The molecule has 1 rings (SSSR count). The van der Waals surface area contributed by atoms with Crippen molar-refractivity contribution in [1.82, 2.24) is 0 Å². The maximum atomic E-state index is 10.1. The molecule has 28 heavy (non-hydrogen) atoms. The zero-order valence-corrected chi connectivity index (χ0v) is 16.7. The number of aliphatic hydroxyl groups is 2. The zero-order valence-electron chi connectivity index (χ0n) is 13.1. The molecule has 0 heterocycles. The Hall–Kier alpha value is 1.000. The molecule has 0 saturated heterocycles. The summed E-state index contributed by atoms with van der Waals surface area (Å²) in [5, 5.41) is 20.2. The quantitative estimate of drug-likeness (QED) is 0.137. The Balaban J connectivity index is 3.42. The molecule has 1 saturated carbocycles. The molecule has 168 valence electrons. The molecule has 4 atom stereocenters. The average Bonchev–Trinajstić information content (AvgIpc) is 2.39. The lowest BCUT2D eigenvalue weighted by Gasteiger charge is -2.41. The van der Waals surface area contributed by atoms with Crippen LogP contribution in [0.2, 0.25) is 0 Å². The molecule has 0 bridgehead atoms. The molecular formula is C6H20O18P4+4. The molecular weight excluding hydrogens is 484 g/mol. The van der Waals surface area contributed by atoms with Crippen LogP contribution in [0.25, 0.3) is 0 Å². The van der Waals surface area contributed by atoms with Gasteiger partial charge in [0.15, 0.2) is 24.4 Å². The second kappa shape index (κ2) is 9.24. The molecule has 0 aromatic carbocycles.